The third-order valence-corrected chi connectivity index (χ3v) is 2.16. The summed E-state index contributed by atoms with van der Waals surface area (Å²) in [4.78, 5) is 11.0. The van der Waals surface area contributed by atoms with Crippen molar-refractivity contribution in [3.8, 4) is 0 Å². The molecule has 4 heteroatoms. The van der Waals surface area contributed by atoms with Gasteiger partial charge in [-0.2, -0.15) is 0 Å². The lowest BCUT2D eigenvalue weighted by Gasteiger charge is -2.06. The molecule has 1 heterocycles. The van der Waals surface area contributed by atoms with Gasteiger partial charge in [0.25, 0.3) is 0 Å². The highest BCUT2D eigenvalue weighted by Gasteiger charge is 2.02. The van der Waals surface area contributed by atoms with Crippen molar-refractivity contribution < 1.29 is 5.11 Å². The lowest BCUT2D eigenvalue weighted by Crippen LogP contribution is -2.18. The third-order valence-electron chi connectivity index (χ3n) is 1.46. The van der Waals surface area contributed by atoms with Crippen molar-refractivity contribution in [2.75, 3.05) is 6.61 Å². The fraction of sp³-hybridized carbons (Fsp3) is 0.571. The molecule has 1 aromatic heterocycles. The van der Waals surface area contributed by atoms with Gasteiger partial charge < -0.3 is 9.67 Å². The highest BCUT2D eigenvalue weighted by Crippen LogP contribution is 1.97. The molecule has 0 saturated heterocycles. The number of aliphatic hydroxyl groups excluding tert-OH is 1. The predicted octanol–water partition coefficient (Wildman–Crippen LogP) is 0.538. The molecule has 0 fully saturated rings. The topological polar surface area (TPSA) is 42.2 Å². The van der Waals surface area contributed by atoms with E-state index in [1.807, 2.05) is 6.92 Å². The number of nitrogens with zero attached hydrogens (tertiary/aromatic N) is 1. The first kappa shape index (κ1) is 8.49. The van der Waals surface area contributed by atoms with Crippen LogP contribution in [0.2, 0.25) is 0 Å². The molecule has 1 rings (SSSR count). The summed E-state index contributed by atoms with van der Waals surface area (Å²) in [6, 6.07) is 0. The van der Waals surface area contributed by atoms with Crippen molar-refractivity contribution in [3.63, 3.8) is 0 Å². The lowest BCUT2D eigenvalue weighted by molar-refractivity contribution is 0.222. The van der Waals surface area contributed by atoms with E-state index < -0.39 is 0 Å². The average Bonchev–Trinajstić information content (AvgIpc) is 2.37. The first-order chi connectivity index (χ1) is 5.24. The Morgan fingerprint density at radius 2 is 2.55 bits per heavy atom. The van der Waals surface area contributed by atoms with Crippen LogP contribution in [0.15, 0.2) is 16.4 Å². The number of aromatic nitrogens is 1. The number of hydrogen-bond acceptors (Lipinski definition) is 3. The molecular formula is C7H11NO2S. The molecule has 1 aromatic rings. The lowest BCUT2D eigenvalue weighted by atomic mass is 10.2. The van der Waals surface area contributed by atoms with E-state index in [-0.39, 0.29) is 17.4 Å². The Balaban J connectivity index is 2.64. The second kappa shape index (κ2) is 3.69. The third kappa shape index (κ3) is 2.17. The summed E-state index contributed by atoms with van der Waals surface area (Å²) in [6.45, 7) is 2.64. The van der Waals surface area contributed by atoms with Crippen LogP contribution < -0.4 is 4.87 Å². The van der Waals surface area contributed by atoms with Crippen LogP contribution in [0.4, 0.5) is 0 Å². The molecule has 62 valence electrons. The standard InChI is InChI=1S/C7H11NO2S/c1-6(5-9)4-8-2-3-11-7(8)10/h2-3,6,9H,4-5H2,1H3. The molecule has 0 radical (unpaired) electrons. The van der Waals surface area contributed by atoms with Crippen LogP contribution in [0.1, 0.15) is 6.92 Å². The highest BCUT2D eigenvalue weighted by molar-refractivity contribution is 7.07. The van der Waals surface area contributed by atoms with Crippen LogP contribution in [-0.4, -0.2) is 16.3 Å². The van der Waals surface area contributed by atoms with Crippen molar-refractivity contribution in [2.45, 2.75) is 13.5 Å². The van der Waals surface area contributed by atoms with Gasteiger partial charge in [0.15, 0.2) is 0 Å². The first-order valence-corrected chi connectivity index (χ1v) is 4.37. The van der Waals surface area contributed by atoms with Gasteiger partial charge in [-0.3, -0.25) is 4.79 Å². The largest absolute Gasteiger partial charge is 0.396 e. The maximum absolute atomic E-state index is 11.0. The highest BCUT2D eigenvalue weighted by atomic mass is 32.1. The van der Waals surface area contributed by atoms with E-state index in [4.69, 9.17) is 5.11 Å². The van der Waals surface area contributed by atoms with Gasteiger partial charge in [0.05, 0.1) is 0 Å². The Bertz CT molecular complexity index is 265. The summed E-state index contributed by atoms with van der Waals surface area (Å²) in [7, 11) is 0. The summed E-state index contributed by atoms with van der Waals surface area (Å²) in [5.41, 5.74) is 0. The molecule has 1 atom stereocenters. The van der Waals surface area contributed by atoms with E-state index in [9.17, 15) is 4.79 Å². The molecule has 11 heavy (non-hydrogen) atoms. The zero-order chi connectivity index (χ0) is 8.27. The van der Waals surface area contributed by atoms with Crippen LogP contribution >= 0.6 is 11.3 Å². The van der Waals surface area contributed by atoms with E-state index in [1.165, 1.54) is 11.3 Å². The van der Waals surface area contributed by atoms with Crippen molar-refractivity contribution in [1.29, 1.82) is 0 Å². The Morgan fingerprint density at radius 3 is 3.00 bits per heavy atom. The summed E-state index contributed by atoms with van der Waals surface area (Å²) >= 11 is 1.18. The minimum atomic E-state index is 0.0466. The van der Waals surface area contributed by atoms with Crippen molar-refractivity contribution in [2.24, 2.45) is 5.92 Å². The Hall–Kier alpha value is -0.610. The molecule has 0 aromatic carbocycles. The van der Waals surface area contributed by atoms with Crippen LogP contribution in [0.5, 0.6) is 0 Å². The zero-order valence-electron chi connectivity index (χ0n) is 6.36. The van der Waals surface area contributed by atoms with E-state index in [2.05, 4.69) is 0 Å². The minimum Gasteiger partial charge on any atom is -0.396 e. The van der Waals surface area contributed by atoms with Gasteiger partial charge in [0.2, 0.25) is 0 Å². The van der Waals surface area contributed by atoms with Crippen LogP contribution in [-0.2, 0) is 6.54 Å². The minimum absolute atomic E-state index is 0.0466. The number of rotatable bonds is 3. The molecular weight excluding hydrogens is 162 g/mol. The monoisotopic (exact) mass is 173 g/mol. The zero-order valence-corrected chi connectivity index (χ0v) is 7.17. The fourth-order valence-corrected chi connectivity index (χ4v) is 1.41. The molecule has 0 bridgehead atoms. The molecule has 0 aliphatic rings. The van der Waals surface area contributed by atoms with E-state index >= 15 is 0 Å². The second-order valence-corrected chi connectivity index (χ2v) is 3.47. The van der Waals surface area contributed by atoms with Crippen LogP contribution in [0.3, 0.4) is 0 Å². The van der Waals surface area contributed by atoms with Gasteiger partial charge in [0, 0.05) is 24.7 Å². The SMILES string of the molecule is CC(CO)Cn1ccsc1=O. The van der Waals surface area contributed by atoms with Crippen LogP contribution in [0.25, 0.3) is 0 Å². The first-order valence-electron chi connectivity index (χ1n) is 3.49. The van der Waals surface area contributed by atoms with Gasteiger partial charge in [-0.15, -0.1) is 0 Å². The molecule has 0 aliphatic heterocycles. The van der Waals surface area contributed by atoms with Gasteiger partial charge in [-0.25, -0.2) is 0 Å². The van der Waals surface area contributed by atoms with E-state index in [1.54, 1.807) is 16.1 Å². The molecule has 0 saturated carbocycles. The quantitative estimate of drug-likeness (QED) is 0.724. The van der Waals surface area contributed by atoms with Gasteiger partial charge in [-0.05, 0) is 5.92 Å². The molecule has 1 unspecified atom stereocenters. The summed E-state index contributed by atoms with van der Waals surface area (Å²) in [5.74, 6) is 0.155. The molecule has 0 amide bonds. The van der Waals surface area contributed by atoms with E-state index in [0.29, 0.717) is 6.54 Å². The maximum Gasteiger partial charge on any atom is 0.307 e. The smallest absolute Gasteiger partial charge is 0.307 e. The molecule has 0 spiro atoms. The second-order valence-electron chi connectivity index (χ2n) is 2.61. The normalized spacial score (nSPS) is 13.3. The summed E-state index contributed by atoms with van der Waals surface area (Å²) < 4.78 is 1.62. The van der Waals surface area contributed by atoms with Gasteiger partial charge in [-0.1, -0.05) is 18.3 Å². The summed E-state index contributed by atoms with van der Waals surface area (Å²) in [6.07, 6.45) is 1.75. The molecule has 1 N–H and O–H groups in total. The van der Waals surface area contributed by atoms with Gasteiger partial charge >= 0.3 is 4.87 Å². The number of thiazole rings is 1. The van der Waals surface area contributed by atoms with Crippen molar-refractivity contribution in [1.82, 2.24) is 4.57 Å². The average molecular weight is 173 g/mol. The van der Waals surface area contributed by atoms with E-state index in [0.717, 1.165) is 0 Å². The van der Waals surface area contributed by atoms with Crippen molar-refractivity contribution >= 4 is 11.3 Å². The van der Waals surface area contributed by atoms with Gasteiger partial charge in [0.1, 0.15) is 0 Å². The van der Waals surface area contributed by atoms with Crippen molar-refractivity contribution in [3.05, 3.63) is 21.2 Å². The molecule has 0 aliphatic carbocycles. The Labute approximate surface area is 68.9 Å². The number of hydrogen-bond donors (Lipinski definition) is 1. The maximum atomic E-state index is 11.0. The summed E-state index contributed by atoms with van der Waals surface area (Å²) in [5, 5.41) is 10.5. The molecule has 3 nitrogen and oxygen atoms in total. The Kier molecular flexibility index (Phi) is 2.84. The fourth-order valence-electron chi connectivity index (χ4n) is 0.820. The predicted molar refractivity (Wildman–Crippen MR) is 44.8 cm³/mol. The van der Waals surface area contributed by atoms with Crippen LogP contribution in [0, 0.1) is 5.92 Å². The Morgan fingerprint density at radius 1 is 1.82 bits per heavy atom. The number of aliphatic hydroxyl groups is 1.